The third-order valence-electron chi connectivity index (χ3n) is 3.19. The zero-order valence-electron chi connectivity index (χ0n) is 12.5. The first-order valence-corrected chi connectivity index (χ1v) is 8.11. The number of carbonyl (C=O) groups is 1. The maximum Gasteiger partial charge on any atom is 0.339 e. The smallest absolute Gasteiger partial charge is 0.339 e. The molecule has 0 radical (unpaired) electrons. The van der Waals surface area contributed by atoms with Gasteiger partial charge >= 0.3 is 5.97 Å². The second kappa shape index (κ2) is 7.00. The molecule has 5 nitrogen and oxygen atoms in total. The van der Waals surface area contributed by atoms with Crippen molar-refractivity contribution in [3.63, 3.8) is 0 Å². The van der Waals surface area contributed by atoms with Crippen molar-refractivity contribution in [2.75, 3.05) is 7.11 Å². The van der Waals surface area contributed by atoms with Gasteiger partial charge < -0.3 is 4.74 Å². The lowest BCUT2D eigenvalue weighted by Gasteiger charge is -2.21. The summed E-state index contributed by atoms with van der Waals surface area (Å²) in [6.07, 6.45) is 0.583. The van der Waals surface area contributed by atoms with Crippen molar-refractivity contribution < 1.29 is 22.3 Å². The molecule has 0 amide bonds. The van der Waals surface area contributed by atoms with Gasteiger partial charge in [0.2, 0.25) is 10.0 Å². The highest BCUT2D eigenvalue weighted by Crippen LogP contribution is 2.20. The molecule has 118 valence electrons. The quantitative estimate of drug-likeness (QED) is 0.817. The molecule has 1 atom stereocenters. The molecule has 1 aromatic carbocycles. The van der Waals surface area contributed by atoms with E-state index in [4.69, 9.17) is 0 Å². The van der Waals surface area contributed by atoms with Crippen LogP contribution in [-0.4, -0.2) is 27.5 Å². The number of sulfonamides is 1. The zero-order valence-corrected chi connectivity index (χ0v) is 13.3. The maximum atomic E-state index is 13.4. The number of nitrogens with one attached hydrogen (secondary N) is 1. The van der Waals surface area contributed by atoms with Crippen molar-refractivity contribution in [2.45, 2.75) is 38.1 Å². The molecule has 0 spiro atoms. The van der Waals surface area contributed by atoms with Gasteiger partial charge in [0, 0.05) is 6.04 Å². The van der Waals surface area contributed by atoms with Crippen molar-refractivity contribution in [1.29, 1.82) is 0 Å². The summed E-state index contributed by atoms with van der Waals surface area (Å²) in [4.78, 5) is 11.2. The topological polar surface area (TPSA) is 72.5 Å². The van der Waals surface area contributed by atoms with E-state index in [1.807, 2.05) is 20.8 Å². The molecule has 0 aromatic heterocycles. The minimum atomic E-state index is -4.02. The third kappa shape index (κ3) is 4.25. The number of halogens is 1. The predicted octanol–water partition coefficient (Wildman–Crippen LogP) is 2.33. The van der Waals surface area contributed by atoms with E-state index in [1.54, 1.807) is 0 Å². The summed E-state index contributed by atoms with van der Waals surface area (Å²) in [5.74, 6) is -1.49. The van der Waals surface area contributed by atoms with Crippen LogP contribution >= 0.6 is 0 Å². The first kappa shape index (κ1) is 17.6. The highest BCUT2D eigenvalue weighted by Gasteiger charge is 2.27. The number of ether oxygens (including phenoxy) is 1. The lowest BCUT2D eigenvalue weighted by Crippen LogP contribution is -2.38. The second-order valence-electron chi connectivity index (χ2n) is 5.01. The maximum absolute atomic E-state index is 13.4. The van der Waals surface area contributed by atoms with Gasteiger partial charge in [0.25, 0.3) is 0 Å². The van der Waals surface area contributed by atoms with E-state index in [9.17, 15) is 17.6 Å². The number of rotatable bonds is 6. The minimum absolute atomic E-state index is 0.0694. The molecule has 0 heterocycles. The van der Waals surface area contributed by atoms with Crippen LogP contribution in [0.5, 0.6) is 0 Å². The van der Waals surface area contributed by atoms with Gasteiger partial charge in [-0.1, -0.05) is 20.8 Å². The van der Waals surface area contributed by atoms with E-state index in [1.165, 1.54) is 0 Å². The van der Waals surface area contributed by atoms with E-state index in [0.29, 0.717) is 6.42 Å². The summed E-state index contributed by atoms with van der Waals surface area (Å²) < 4.78 is 45.2. The van der Waals surface area contributed by atoms with Gasteiger partial charge in [0.1, 0.15) is 5.82 Å². The summed E-state index contributed by atoms with van der Waals surface area (Å²) in [5, 5.41) is 0. The fraction of sp³-hybridized carbons (Fsp3) is 0.500. The Morgan fingerprint density at radius 3 is 2.48 bits per heavy atom. The van der Waals surface area contributed by atoms with Crippen LogP contribution in [0.4, 0.5) is 4.39 Å². The van der Waals surface area contributed by atoms with Crippen LogP contribution in [0.2, 0.25) is 0 Å². The van der Waals surface area contributed by atoms with Crippen molar-refractivity contribution in [1.82, 2.24) is 4.72 Å². The number of carbonyl (C=O) groups excluding carboxylic acids is 1. The van der Waals surface area contributed by atoms with Gasteiger partial charge in [-0.15, -0.1) is 0 Å². The number of hydrogen-bond acceptors (Lipinski definition) is 4. The Kier molecular flexibility index (Phi) is 5.86. The van der Waals surface area contributed by atoms with E-state index >= 15 is 0 Å². The van der Waals surface area contributed by atoms with Crippen LogP contribution in [0.3, 0.4) is 0 Å². The molecule has 1 N–H and O–H groups in total. The van der Waals surface area contributed by atoms with Crippen LogP contribution in [-0.2, 0) is 14.8 Å². The largest absolute Gasteiger partial charge is 0.465 e. The van der Waals surface area contributed by atoms with Crippen LogP contribution in [0.15, 0.2) is 23.1 Å². The molecule has 1 unspecified atom stereocenters. The molecule has 0 aliphatic rings. The number of methoxy groups -OCH3 is 1. The van der Waals surface area contributed by atoms with Crippen molar-refractivity contribution in [2.24, 2.45) is 5.92 Å². The first-order chi connectivity index (χ1) is 9.72. The molecular weight excluding hydrogens is 297 g/mol. The first-order valence-electron chi connectivity index (χ1n) is 6.63. The number of benzene rings is 1. The summed E-state index contributed by atoms with van der Waals surface area (Å²) >= 11 is 0. The lowest BCUT2D eigenvalue weighted by molar-refractivity contribution is 0.0596. The van der Waals surface area contributed by atoms with Crippen LogP contribution < -0.4 is 4.72 Å². The van der Waals surface area contributed by atoms with Gasteiger partial charge in [-0.2, -0.15) is 0 Å². The molecule has 1 aromatic rings. The van der Waals surface area contributed by atoms with E-state index in [-0.39, 0.29) is 17.5 Å². The monoisotopic (exact) mass is 317 g/mol. The van der Waals surface area contributed by atoms with E-state index in [2.05, 4.69) is 9.46 Å². The van der Waals surface area contributed by atoms with Crippen LogP contribution in [0, 0.1) is 11.7 Å². The second-order valence-corrected chi connectivity index (χ2v) is 6.69. The van der Waals surface area contributed by atoms with Gasteiger partial charge in [-0.05, 0) is 30.5 Å². The van der Waals surface area contributed by atoms with E-state index < -0.39 is 26.7 Å². The fourth-order valence-corrected chi connectivity index (χ4v) is 3.62. The van der Waals surface area contributed by atoms with Crippen molar-refractivity contribution in [3.8, 4) is 0 Å². The Bertz CT molecular complexity index is 613. The summed E-state index contributed by atoms with van der Waals surface area (Å²) in [6.45, 7) is 5.60. The standard InChI is InChI=1S/C14H20FNO4S/c1-5-12(9(2)3)16-21(18,19)13-8-10(15)6-7-11(13)14(17)20-4/h6-9,12,16H,5H2,1-4H3. The molecule has 0 aliphatic heterocycles. The van der Waals surface area contributed by atoms with Crippen LogP contribution in [0.1, 0.15) is 37.6 Å². The van der Waals surface area contributed by atoms with Crippen LogP contribution in [0.25, 0.3) is 0 Å². The Morgan fingerprint density at radius 2 is 2.00 bits per heavy atom. The normalized spacial score (nSPS) is 13.2. The van der Waals surface area contributed by atoms with Gasteiger partial charge in [-0.3, -0.25) is 0 Å². The number of esters is 1. The molecular formula is C14H20FNO4S. The molecule has 1 rings (SSSR count). The molecule has 21 heavy (non-hydrogen) atoms. The summed E-state index contributed by atoms with van der Waals surface area (Å²) in [6, 6.07) is 2.64. The van der Waals surface area contributed by atoms with Gasteiger partial charge in [0.15, 0.2) is 0 Å². The van der Waals surface area contributed by atoms with Gasteiger partial charge in [0.05, 0.1) is 17.6 Å². The molecule has 7 heteroatoms. The zero-order chi connectivity index (χ0) is 16.2. The average molecular weight is 317 g/mol. The average Bonchev–Trinajstić information content (AvgIpc) is 2.43. The molecule has 0 saturated heterocycles. The van der Waals surface area contributed by atoms with Crippen molar-refractivity contribution in [3.05, 3.63) is 29.6 Å². The molecule has 0 aliphatic carbocycles. The highest BCUT2D eigenvalue weighted by atomic mass is 32.2. The SMILES string of the molecule is CCC(NS(=O)(=O)c1cc(F)ccc1C(=O)OC)C(C)C. The minimum Gasteiger partial charge on any atom is -0.465 e. The third-order valence-corrected chi connectivity index (χ3v) is 4.72. The van der Waals surface area contributed by atoms with Crippen molar-refractivity contribution >= 4 is 16.0 Å². The Balaban J connectivity index is 3.30. The molecule has 0 fully saturated rings. The predicted molar refractivity (Wildman–Crippen MR) is 77.0 cm³/mol. The molecule has 0 saturated carbocycles. The molecule has 0 bridgehead atoms. The Morgan fingerprint density at radius 1 is 1.38 bits per heavy atom. The van der Waals surface area contributed by atoms with Gasteiger partial charge in [-0.25, -0.2) is 22.3 Å². The number of hydrogen-bond donors (Lipinski definition) is 1. The Hall–Kier alpha value is -1.47. The fourth-order valence-electron chi connectivity index (χ4n) is 1.95. The lowest BCUT2D eigenvalue weighted by atomic mass is 10.0. The van der Waals surface area contributed by atoms with E-state index in [0.717, 1.165) is 25.3 Å². The summed E-state index contributed by atoms with van der Waals surface area (Å²) in [5.41, 5.74) is -0.190. The Labute approximate surface area is 124 Å². The highest BCUT2D eigenvalue weighted by molar-refractivity contribution is 7.89. The summed E-state index contributed by atoms with van der Waals surface area (Å²) in [7, 11) is -2.88.